The first-order chi connectivity index (χ1) is 9.90. The molecule has 21 heavy (non-hydrogen) atoms. The molecule has 2 rings (SSSR count). The fourth-order valence-electron chi connectivity index (χ4n) is 1.91. The van der Waals surface area contributed by atoms with Gasteiger partial charge in [0.05, 0.1) is 4.92 Å². The molecular weight excluding hydrogens is 275 g/mol. The van der Waals surface area contributed by atoms with E-state index in [0.29, 0.717) is 11.1 Å². The van der Waals surface area contributed by atoms with Gasteiger partial charge in [-0.3, -0.25) is 10.1 Å². The van der Waals surface area contributed by atoms with E-state index in [-0.39, 0.29) is 23.2 Å². The summed E-state index contributed by atoms with van der Waals surface area (Å²) in [5.41, 5.74) is 6.65. The van der Waals surface area contributed by atoms with E-state index in [9.17, 15) is 14.5 Å². The fourth-order valence-corrected chi connectivity index (χ4v) is 1.91. The highest BCUT2D eigenvalue weighted by atomic mass is 19.1. The quantitative estimate of drug-likeness (QED) is 0.685. The van der Waals surface area contributed by atoms with Crippen LogP contribution in [0.3, 0.4) is 0 Å². The van der Waals surface area contributed by atoms with Gasteiger partial charge in [0.15, 0.2) is 11.6 Å². The number of rotatable bonds is 4. The van der Waals surface area contributed by atoms with Gasteiger partial charge in [-0.25, -0.2) is 4.39 Å². The average Bonchev–Trinajstić information content (AvgIpc) is 2.42. The van der Waals surface area contributed by atoms with Crippen LogP contribution in [0.1, 0.15) is 24.1 Å². The summed E-state index contributed by atoms with van der Waals surface area (Å²) in [6, 6.07) is 8.55. The van der Waals surface area contributed by atoms with Crippen molar-refractivity contribution < 1.29 is 14.1 Å². The summed E-state index contributed by atoms with van der Waals surface area (Å²) in [6.45, 7) is 3.40. The molecule has 0 unspecified atom stereocenters. The number of hydrogen-bond donors (Lipinski definition) is 1. The minimum atomic E-state index is -0.609. The number of nitrogens with two attached hydrogens (primary N) is 1. The highest BCUT2D eigenvalue weighted by molar-refractivity contribution is 5.53. The molecule has 0 radical (unpaired) electrons. The molecule has 0 saturated heterocycles. The Morgan fingerprint density at radius 1 is 1.33 bits per heavy atom. The molecule has 2 aromatic rings. The van der Waals surface area contributed by atoms with E-state index in [1.807, 2.05) is 0 Å². The summed E-state index contributed by atoms with van der Waals surface area (Å²) in [7, 11) is 0. The van der Waals surface area contributed by atoms with Crippen molar-refractivity contribution in [2.75, 3.05) is 0 Å². The number of benzene rings is 2. The molecule has 2 aromatic carbocycles. The van der Waals surface area contributed by atoms with E-state index in [1.54, 1.807) is 32.0 Å². The smallest absolute Gasteiger partial charge is 0.311 e. The monoisotopic (exact) mass is 290 g/mol. The molecule has 0 bridgehead atoms. The number of halogens is 1. The Morgan fingerprint density at radius 2 is 2.05 bits per heavy atom. The molecule has 0 amide bonds. The third-order valence-corrected chi connectivity index (χ3v) is 3.08. The number of para-hydroxylation sites is 1. The largest absolute Gasteiger partial charge is 0.447 e. The maximum absolute atomic E-state index is 14.0. The van der Waals surface area contributed by atoms with Gasteiger partial charge in [0.1, 0.15) is 0 Å². The zero-order valence-corrected chi connectivity index (χ0v) is 11.7. The van der Waals surface area contributed by atoms with Crippen LogP contribution in [0.2, 0.25) is 0 Å². The lowest BCUT2D eigenvalue weighted by Gasteiger charge is -2.11. The van der Waals surface area contributed by atoms with Crippen molar-refractivity contribution in [3.63, 3.8) is 0 Å². The molecule has 0 fully saturated rings. The number of nitro groups is 1. The maximum Gasteiger partial charge on any atom is 0.311 e. The first kappa shape index (κ1) is 14.9. The molecule has 0 aliphatic rings. The molecule has 110 valence electrons. The third-order valence-electron chi connectivity index (χ3n) is 3.08. The summed E-state index contributed by atoms with van der Waals surface area (Å²) >= 11 is 0. The van der Waals surface area contributed by atoms with Gasteiger partial charge < -0.3 is 10.5 Å². The van der Waals surface area contributed by atoms with Gasteiger partial charge in [0.2, 0.25) is 5.75 Å². The van der Waals surface area contributed by atoms with Gasteiger partial charge in [-0.05, 0) is 37.1 Å². The highest BCUT2D eigenvalue weighted by Crippen LogP contribution is 2.35. The van der Waals surface area contributed by atoms with Gasteiger partial charge in [-0.1, -0.05) is 18.2 Å². The summed E-state index contributed by atoms with van der Waals surface area (Å²) in [5, 5.41) is 11.0. The van der Waals surface area contributed by atoms with Crippen LogP contribution in [-0.2, 0) is 0 Å². The lowest BCUT2D eigenvalue weighted by atomic mass is 10.1. The Bertz CT molecular complexity index is 687. The van der Waals surface area contributed by atoms with Crippen LogP contribution >= 0.6 is 0 Å². The Labute approximate surface area is 121 Å². The number of nitrogens with zero attached hydrogens (tertiary/aromatic N) is 1. The van der Waals surface area contributed by atoms with E-state index in [0.717, 1.165) is 0 Å². The highest BCUT2D eigenvalue weighted by Gasteiger charge is 2.19. The maximum atomic E-state index is 14.0. The third kappa shape index (κ3) is 3.17. The molecule has 5 nitrogen and oxygen atoms in total. The summed E-state index contributed by atoms with van der Waals surface area (Å²) in [6.07, 6.45) is 0. The fraction of sp³-hybridized carbons (Fsp3) is 0.200. The predicted molar refractivity (Wildman–Crippen MR) is 76.9 cm³/mol. The van der Waals surface area contributed by atoms with Crippen LogP contribution in [0, 0.1) is 22.9 Å². The zero-order chi connectivity index (χ0) is 15.6. The Hall–Kier alpha value is -2.47. The normalized spacial score (nSPS) is 12.0. The van der Waals surface area contributed by atoms with Crippen LogP contribution in [0.25, 0.3) is 0 Å². The van der Waals surface area contributed by atoms with Crippen molar-refractivity contribution in [3.05, 3.63) is 63.5 Å². The number of aryl methyl sites for hydroxylation is 1. The van der Waals surface area contributed by atoms with Crippen molar-refractivity contribution in [1.29, 1.82) is 0 Å². The number of ether oxygens (including phenoxy) is 1. The van der Waals surface area contributed by atoms with Crippen LogP contribution in [0.5, 0.6) is 11.5 Å². The molecule has 0 aliphatic carbocycles. The summed E-state index contributed by atoms with van der Waals surface area (Å²) in [4.78, 5) is 10.4. The minimum absolute atomic E-state index is 0.0370. The van der Waals surface area contributed by atoms with E-state index in [1.165, 1.54) is 18.2 Å². The van der Waals surface area contributed by atoms with Crippen LogP contribution in [0.4, 0.5) is 10.1 Å². The van der Waals surface area contributed by atoms with Crippen LogP contribution in [-0.4, -0.2) is 4.92 Å². The van der Waals surface area contributed by atoms with E-state index in [4.69, 9.17) is 10.5 Å². The van der Waals surface area contributed by atoms with Crippen molar-refractivity contribution in [3.8, 4) is 11.5 Å². The van der Waals surface area contributed by atoms with Gasteiger partial charge in [0, 0.05) is 12.1 Å². The topological polar surface area (TPSA) is 78.4 Å². The van der Waals surface area contributed by atoms with Crippen LogP contribution < -0.4 is 10.5 Å². The SMILES string of the molecule is Cc1cccc([N+](=O)[O-])c1Oc1ccc([C@@H](C)N)cc1F. The second-order valence-corrected chi connectivity index (χ2v) is 4.76. The van der Waals surface area contributed by atoms with Gasteiger partial charge in [0.25, 0.3) is 0 Å². The second-order valence-electron chi connectivity index (χ2n) is 4.76. The molecular formula is C15H15FN2O3. The number of hydrogen-bond acceptors (Lipinski definition) is 4. The number of nitro benzene ring substituents is 1. The summed E-state index contributed by atoms with van der Waals surface area (Å²) < 4.78 is 19.4. The molecule has 2 N–H and O–H groups in total. The van der Waals surface area contributed by atoms with E-state index < -0.39 is 10.7 Å². The molecule has 0 heterocycles. The van der Waals surface area contributed by atoms with E-state index in [2.05, 4.69) is 0 Å². The Balaban J connectivity index is 2.41. The zero-order valence-electron chi connectivity index (χ0n) is 11.7. The summed E-state index contributed by atoms with van der Waals surface area (Å²) in [5.74, 6) is -0.644. The molecule has 0 aliphatic heterocycles. The van der Waals surface area contributed by atoms with Gasteiger partial charge >= 0.3 is 5.69 Å². The molecule has 1 atom stereocenters. The molecule has 6 heteroatoms. The molecule has 0 spiro atoms. The Morgan fingerprint density at radius 3 is 2.62 bits per heavy atom. The lowest BCUT2D eigenvalue weighted by molar-refractivity contribution is -0.385. The van der Waals surface area contributed by atoms with Crippen LogP contribution in [0.15, 0.2) is 36.4 Å². The average molecular weight is 290 g/mol. The predicted octanol–water partition coefficient (Wildman–Crippen LogP) is 3.85. The van der Waals surface area contributed by atoms with Crippen molar-refractivity contribution >= 4 is 5.69 Å². The van der Waals surface area contributed by atoms with E-state index >= 15 is 0 Å². The van der Waals surface area contributed by atoms with Gasteiger partial charge in [-0.2, -0.15) is 0 Å². The van der Waals surface area contributed by atoms with Gasteiger partial charge in [-0.15, -0.1) is 0 Å². The molecule has 0 aromatic heterocycles. The first-order valence-electron chi connectivity index (χ1n) is 6.37. The first-order valence-corrected chi connectivity index (χ1v) is 6.37. The second kappa shape index (κ2) is 5.88. The molecule has 0 saturated carbocycles. The van der Waals surface area contributed by atoms with Crippen molar-refractivity contribution in [2.45, 2.75) is 19.9 Å². The standard InChI is InChI=1S/C15H15FN2O3/c1-9-4-3-5-13(18(19)20)15(9)21-14-7-6-11(10(2)17)8-12(14)16/h3-8,10H,17H2,1-2H3/t10-/m1/s1. The Kier molecular flexibility index (Phi) is 4.18. The van der Waals surface area contributed by atoms with Crippen molar-refractivity contribution in [2.24, 2.45) is 5.73 Å². The lowest BCUT2D eigenvalue weighted by Crippen LogP contribution is -2.05. The van der Waals surface area contributed by atoms with Crippen molar-refractivity contribution in [1.82, 2.24) is 0 Å². The minimum Gasteiger partial charge on any atom is -0.447 e.